The molecule has 128 valence electrons. The summed E-state index contributed by atoms with van der Waals surface area (Å²) in [5.41, 5.74) is 5.23. The van der Waals surface area contributed by atoms with Crippen molar-refractivity contribution in [1.29, 1.82) is 0 Å². The maximum atomic E-state index is 12.6. The van der Waals surface area contributed by atoms with Gasteiger partial charge in [0.05, 0.1) is 0 Å². The molecule has 2 heterocycles. The number of rotatable bonds is 3. The van der Waals surface area contributed by atoms with E-state index < -0.39 is 0 Å². The molecule has 0 fully saturated rings. The standard InChI is InChI=1S/C21H17N3O2/c1-13-7-3-4-8-15(13)20(25)23-17-10-5-9-16(14(17)2)21-24-19-18(26-21)11-6-12-22-19/h3-12H,1-2H3,(H,23,25). The zero-order valence-corrected chi connectivity index (χ0v) is 14.5. The molecule has 0 aliphatic carbocycles. The summed E-state index contributed by atoms with van der Waals surface area (Å²) in [6.07, 6.45) is 1.68. The molecule has 0 aliphatic rings. The van der Waals surface area contributed by atoms with Crippen molar-refractivity contribution in [3.63, 3.8) is 0 Å². The topological polar surface area (TPSA) is 68.0 Å². The number of aryl methyl sites for hydroxylation is 1. The van der Waals surface area contributed by atoms with Gasteiger partial charge in [0.25, 0.3) is 5.91 Å². The van der Waals surface area contributed by atoms with Crippen LogP contribution < -0.4 is 5.32 Å². The third kappa shape index (κ3) is 2.84. The minimum absolute atomic E-state index is 0.136. The first-order valence-electron chi connectivity index (χ1n) is 8.32. The molecular formula is C21H17N3O2. The zero-order valence-electron chi connectivity index (χ0n) is 14.5. The molecular weight excluding hydrogens is 326 g/mol. The minimum Gasteiger partial charge on any atom is -0.434 e. The first-order chi connectivity index (χ1) is 12.6. The van der Waals surface area contributed by atoms with Crippen LogP contribution in [0.2, 0.25) is 0 Å². The van der Waals surface area contributed by atoms with Gasteiger partial charge in [0.2, 0.25) is 5.89 Å². The molecule has 0 saturated heterocycles. The van der Waals surface area contributed by atoms with E-state index in [4.69, 9.17) is 4.42 Å². The van der Waals surface area contributed by atoms with Gasteiger partial charge in [0, 0.05) is 23.0 Å². The molecule has 0 saturated carbocycles. The Balaban J connectivity index is 1.70. The molecule has 4 aromatic rings. The lowest BCUT2D eigenvalue weighted by molar-refractivity contribution is 0.102. The van der Waals surface area contributed by atoms with Gasteiger partial charge in [-0.2, -0.15) is 4.98 Å². The van der Waals surface area contributed by atoms with E-state index in [0.29, 0.717) is 22.7 Å². The summed E-state index contributed by atoms with van der Waals surface area (Å²) in [7, 11) is 0. The zero-order chi connectivity index (χ0) is 18.1. The van der Waals surface area contributed by atoms with Gasteiger partial charge in [-0.3, -0.25) is 4.79 Å². The maximum Gasteiger partial charge on any atom is 0.255 e. The van der Waals surface area contributed by atoms with Crippen molar-refractivity contribution in [3.8, 4) is 11.5 Å². The molecule has 2 aromatic heterocycles. The molecule has 1 amide bonds. The summed E-state index contributed by atoms with van der Waals surface area (Å²) in [6.45, 7) is 3.86. The minimum atomic E-state index is -0.136. The summed E-state index contributed by atoms with van der Waals surface area (Å²) >= 11 is 0. The molecule has 26 heavy (non-hydrogen) atoms. The van der Waals surface area contributed by atoms with Crippen LogP contribution in [0.3, 0.4) is 0 Å². The predicted octanol–water partition coefficient (Wildman–Crippen LogP) is 4.76. The third-order valence-corrected chi connectivity index (χ3v) is 4.37. The summed E-state index contributed by atoms with van der Waals surface area (Å²) in [5, 5.41) is 2.99. The molecule has 0 unspecified atom stereocenters. The second kappa shape index (κ2) is 6.44. The normalized spacial score (nSPS) is 10.8. The Morgan fingerprint density at radius 1 is 1.00 bits per heavy atom. The Labute approximate surface area is 150 Å². The number of carbonyl (C=O) groups is 1. The van der Waals surface area contributed by atoms with E-state index in [-0.39, 0.29) is 5.91 Å². The highest BCUT2D eigenvalue weighted by molar-refractivity contribution is 6.06. The average molecular weight is 343 g/mol. The van der Waals surface area contributed by atoms with Gasteiger partial charge < -0.3 is 9.73 Å². The van der Waals surface area contributed by atoms with E-state index in [0.717, 1.165) is 22.4 Å². The van der Waals surface area contributed by atoms with Crippen LogP contribution in [0.5, 0.6) is 0 Å². The predicted molar refractivity (Wildman–Crippen MR) is 101 cm³/mol. The van der Waals surface area contributed by atoms with Gasteiger partial charge in [0.1, 0.15) is 0 Å². The first-order valence-corrected chi connectivity index (χ1v) is 8.32. The molecule has 0 bridgehead atoms. The van der Waals surface area contributed by atoms with E-state index in [1.165, 1.54) is 0 Å². The van der Waals surface area contributed by atoms with Gasteiger partial charge in [-0.25, -0.2) is 4.98 Å². The Morgan fingerprint density at radius 3 is 2.65 bits per heavy atom. The van der Waals surface area contributed by atoms with Gasteiger partial charge in [0.15, 0.2) is 11.2 Å². The molecule has 5 nitrogen and oxygen atoms in total. The van der Waals surface area contributed by atoms with Crippen LogP contribution in [-0.4, -0.2) is 15.9 Å². The lowest BCUT2D eigenvalue weighted by Crippen LogP contribution is -2.14. The van der Waals surface area contributed by atoms with E-state index >= 15 is 0 Å². The largest absolute Gasteiger partial charge is 0.434 e. The van der Waals surface area contributed by atoms with Crippen LogP contribution in [0.25, 0.3) is 22.7 Å². The number of nitrogens with one attached hydrogen (secondary N) is 1. The summed E-state index contributed by atoms with van der Waals surface area (Å²) < 4.78 is 5.81. The van der Waals surface area contributed by atoms with Crippen molar-refractivity contribution in [3.05, 3.63) is 77.5 Å². The average Bonchev–Trinajstić information content (AvgIpc) is 3.07. The lowest BCUT2D eigenvalue weighted by Gasteiger charge is -2.12. The number of anilines is 1. The Morgan fingerprint density at radius 2 is 1.85 bits per heavy atom. The second-order valence-electron chi connectivity index (χ2n) is 6.09. The maximum absolute atomic E-state index is 12.6. The van der Waals surface area contributed by atoms with Crippen LogP contribution in [0.1, 0.15) is 21.5 Å². The van der Waals surface area contributed by atoms with Crippen molar-refractivity contribution < 1.29 is 9.21 Å². The summed E-state index contributed by atoms with van der Waals surface area (Å²) in [4.78, 5) is 21.3. The number of fused-ring (bicyclic) bond motifs is 1. The quantitative estimate of drug-likeness (QED) is 0.582. The van der Waals surface area contributed by atoms with E-state index in [1.54, 1.807) is 6.20 Å². The van der Waals surface area contributed by atoms with Gasteiger partial charge in [-0.1, -0.05) is 24.3 Å². The van der Waals surface area contributed by atoms with Crippen molar-refractivity contribution in [1.82, 2.24) is 9.97 Å². The molecule has 0 atom stereocenters. The fourth-order valence-electron chi connectivity index (χ4n) is 2.90. The Hall–Kier alpha value is -3.47. The lowest BCUT2D eigenvalue weighted by atomic mass is 10.1. The fraction of sp³-hybridized carbons (Fsp3) is 0.0952. The molecule has 0 radical (unpaired) electrons. The number of pyridine rings is 1. The van der Waals surface area contributed by atoms with Crippen molar-refractivity contribution >= 4 is 22.8 Å². The highest BCUT2D eigenvalue weighted by Crippen LogP contribution is 2.30. The smallest absolute Gasteiger partial charge is 0.255 e. The van der Waals surface area contributed by atoms with Crippen LogP contribution >= 0.6 is 0 Å². The van der Waals surface area contributed by atoms with Crippen LogP contribution in [-0.2, 0) is 0 Å². The third-order valence-electron chi connectivity index (χ3n) is 4.37. The van der Waals surface area contributed by atoms with Crippen molar-refractivity contribution in [2.24, 2.45) is 0 Å². The monoisotopic (exact) mass is 343 g/mol. The number of nitrogens with zero attached hydrogens (tertiary/aromatic N) is 2. The van der Waals surface area contributed by atoms with Crippen LogP contribution in [0.15, 0.2) is 65.2 Å². The number of hydrogen-bond acceptors (Lipinski definition) is 4. The number of benzene rings is 2. The molecule has 0 aliphatic heterocycles. The van der Waals surface area contributed by atoms with Gasteiger partial charge in [-0.05, 0) is 55.3 Å². The van der Waals surface area contributed by atoms with Crippen LogP contribution in [0, 0.1) is 13.8 Å². The molecule has 4 rings (SSSR count). The van der Waals surface area contributed by atoms with E-state index in [9.17, 15) is 4.79 Å². The number of aromatic nitrogens is 2. The molecule has 5 heteroatoms. The van der Waals surface area contributed by atoms with Crippen LogP contribution in [0.4, 0.5) is 5.69 Å². The summed E-state index contributed by atoms with van der Waals surface area (Å²) in [6, 6.07) is 16.8. The molecule has 0 spiro atoms. The first kappa shape index (κ1) is 16.0. The number of amides is 1. The van der Waals surface area contributed by atoms with E-state index in [1.807, 2.05) is 68.4 Å². The Bertz CT molecular complexity index is 1080. The summed E-state index contributed by atoms with van der Waals surface area (Å²) in [5.74, 6) is 0.353. The molecule has 2 aromatic carbocycles. The number of hydrogen-bond donors (Lipinski definition) is 1. The SMILES string of the molecule is Cc1ccccc1C(=O)Nc1cccc(-c2nc3ncccc3o2)c1C. The number of oxazole rings is 1. The highest BCUT2D eigenvalue weighted by atomic mass is 16.3. The van der Waals surface area contributed by atoms with Gasteiger partial charge >= 0.3 is 0 Å². The highest BCUT2D eigenvalue weighted by Gasteiger charge is 2.15. The molecule has 1 N–H and O–H groups in total. The fourth-order valence-corrected chi connectivity index (χ4v) is 2.90. The van der Waals surface area contributed by atoms with E-state index in [2.05, 4.69) is 15.3 Å². The number of carbonyl (C=O) groups excluding carboxylic acids is 1. The second-order valence-corrected chi connectivity index (χ2v) is 6.09. The van der Waals surface area contributed by atoms with Gasteiger partial charge in [-0.15, -0.1) is 0 Å². The van der Waals surface area contributed by atoms with Crippen molar-refractivity contribution in [2.75, 3.05) is 5.32 Å². The Kier molecular flexibility index (Phi) is 3.97. The van der Waals surface area contributed by atoms with Crippen molar-refractivity contribution in [2.45, 2.75) is 13.8 Å².